The molecule has 0 aromatic carbocycles. The van der Waals surface area contributed by atoms with Crippen molar-refractivity contribution in [2.24, 2.45) is 16.7 Å². The Balaban J connectivity index is 2.71. The summed E-state index contributed by atoms with van der Waals surface area (Å²) in [6.45, 7) is 10.7. The highest BCUT2D eigenvalue weighted by atomic mass is 16.2. The number of hydrogen-bond donors (Lipinski definition) is 0. The number of carbonyl (C=O) groups excluding carboxylic acids is 4. The van der Waals surface area contributed by atoms with Crippen LogP contribution in [0.25, 0.3) is 0 Å². The van der Waals surface area contributed by atoms with Crippen LogP contribution in [0.4, 0.5) is 0 Å². The molecule has 1 fully saturated rings. The average molecular weight is 419 g/mol. The van der Waals surface area contributed by atoms with E-state index in [-0.39, 0.29) is 24.4 Å². The fraction of sp³-hybridized carbons (Fsp3) is 0.769. The number of carbonyl (C=O) groups is 4. The van der Waals surface area contributed by atoms with Gasteiger partial charge in [-0.1, -0.05) is 69.9 Å². The van der Waals surface area contributed by atoms with E-state index in [0.717, 1.165) is 18.4 Å². The first-order valence-corrected chi connectivity index (χ1v) is 11.8. The molecular formula is C26H42O4. The van der Waals surface area contributed by atoms with E-state index in [9.17, 15) is 19.2 Å². The second-order valence-corrected chi connectivity index (χ2v) is 9.98. The number of ketones is 4. The van der Waals surface area contributed by atoms with Gasteiger partial charge in [0.1, 0.15) is 5.92 Å². The largest absolute Gasteiger partial charge is 0.298 e. The minimum Gasteiger partial charge on any atom is -0.298 e. The topological polar surface area (TPSA) is 68.3 Å². The summed E-state index contributed by atoms with van der Waals surface area (Å²) in [7, 11) is 0. The standard InChI is InChI=1S/C26H42O4/c1-7-8-9-10-11-12-13-14-15-16-20(27)21-22(28)25(4,5)24(30)26(6,23(21)29)18-17-19(2)3/h17,21H,7-16,18H2,1-6H3. The number of hydrogen-bond acceptors (Lipinski definition) is 4. The van der Waals surface area contributed by atoms with Crippen molar-refractivity contribution in [2.75, 3.05) is 0 Å². The van der Waals surface area contributed by atoms with Crippen LogP contribution in [0.5, 0.6) is 0 Å². The fourth-order valence-electron chi connectivity index (χ4n) is 4.36. The van der Waals surface area contributed by atoms with Gasteiger partial charge in [-0.3, -0.25) is 19.2 Å². The molecule has 0 N–H and O–H groups in total. The SMILES string of the molecule is CCCCCCCCCCCC(=O)C1C(=O)C(C)(C)C(=O)C(C)(CC=C(C)C)C1=O. The fourth-order valence-corrected chi connectivity index (χ4v) is 4.36. The third-order valence-corrected chi connectivity index (χ3v) is 6.52. The molecule has 170 valence electrons. The lowest BCUT2D eigenvalue weighted by Gasteiger charge is -2.41. The summed E-state index contributed by atoms with van der Waals surface area (Å²) in [5.74, 6) is -2.99. The predicted octanol–water partition coefficient (Wildman–Crippen LogP) is 6.20. The molecule has 4 nitrogen and oxygen atoms in total. The Hall–Kier alpha value is -1.58. The van der Waals surface area contributed by atoms with E-state index in [1.165, 1.54) is 38.5 Å². The monoisotopic (exact) mass is 418 g/mol. The molecule has 0 saturated heterocycles. The summed E-state index contributed by atoms with van der Waals surface area (Å²) < 4.78 is 0. The molecule has 2 atom stereocenters. The summed E-state index contributed by atoms with van der Waals surface area (Å²) in [6.07, 6.45) is 12.5. The van der Waals surface area contributed by atoms with Crippen LogP contribution in [0, 0.1) is 16.7 Å². The number of rotatable bonds is 13. The third kappa shape index (κ3) is 6.46. The zero-order valence-corrected chi connectivity index (χ0v) is 20.1. The summed E-state index contributed by atoms with van der Waals surface area (Å²) in [4.78, 5) is 52.0. The van der Waals surface area contributed by atoms with Gasteiger partial charge in [-0.25, -0.2) is 0 Å². The van der Waals surface area contributed by atoms with Crippen molar-refractivity contribution in [3.8, 4) is 0 Å². The van der Waals surface area contributed by atoms with Crippen LogP contribution in [-0.4, -0.2) is 23.1 Å². The Labute approximate surface area is 183 Å². The van der Waals surface area contributed by atoms with E-state index in [2.05, 4.69) is 6.92 Å². The van der Waals surface area contributed by atoms with Crippen LogP contribution in [0.15, 0.2) is 11.6 Å². The van der Waals surface area contributed by atoms with Crippen molar-refractivity contribution in [2.45, 2.75) is 112 Å². The van der Waals surface area contributed by atoms with Crippen LogP contribution in [0.2, 0.25) is 0 Å². The van der Waals surface area contributed by atoms with E-state index in [1.807, 2.05) is 19.9 Å². The van der Waals surface area contributed by atoms with Gasteiger partial charge in [0.15, 0.2) is 23.1 Å². The molecular weight excluding hydrogens is 376 g/mol. The molecule has 1 saturated carbocycles. The minimum atomic E-state index is -1.31. The van der Waals surface area contributed by atoms with Gasteiger partial charge in [-0.15, -0.1) is 0 Å². The quantitative estimate of drug-likeness (QED) is 0.203. The highest BCUT2D eigenvalue weighted by Gasteiger charge is 2.61. The number of allylic oxidation sites excluding steroid dienone is 2. The lowest BCUT2D eigenvalue weighted by atomic mass is 9.56. The second kappa shape index (κ2) is 11.7. The van der Waals surface area contributed by atoms with Crippen molar-refractivity contribution in [1.82, 2.24) is 0 Å². The van der Waals surface area contributed by atoms with Gasteiger partial charge >= 0.3 is 0 Å². The van der Waals surface area contributed by atoms with E-state index in [0.29, 0.717) is 6.42 Å². The van der Waals surface area contributed by atoms with Crippen LogP contribution >= 0.6 is 0 Å². The minimum absolute atomic E-state index is 0.237. The van der Waals surface area contributed by atoms with Gasteiger partial charge in [0.2, 0.25) is 0 Å². The number of Topliss-reactive ketones (excluding diaryl/α,β-unsaturated/α-hetero) is 4. The lowest BCUT2D eigenvalue weighted by Crippen LogP contribution is -2.60. The molecule has 30 heavy (non-hydrogen) atoms. The maximum Gasteiger partial charge on any atom is 0.164 e. The van der Waals surface area contributed by atoms with Crippen LogP contribution in [0.1, 0.15) is 112 Å². The predicted molar refractivity (Wildman–Crippen MR) is 121 cm³/mol. The zero-order chi connectivity index (χ0) is 22.9. The van der Waals surface area contributed by atoms with Crippen molar-refractivity contribution in [3.63, 3.8) is 0 Å². The highest BCUT2D eigenvalue weighted by Crippen LogP contribution is 2.44. The van der Waals surface area contributed by atoms with Gasteiger partial charge < -0.3 is 0 Å². The van der Waals surface area contributed by atoms with E-state index < -0.39 is 28.3 Å². The average Bonchev–Trinajstić information content (AvgIpc) is 2.69. The summed E-state index contributed by atoms with van der Waals surface area (Å²) in [5, 5.41) is 0. The molecule has 4 heteroatoms. The molecule has 1 aliphatic rings. The van der Waals surface area contributed by atoms with E-state index >= 15 is 0 Å². The first-order valence-electron chi connectivity index (χ1n) is 11.8. The number of unbranched alkanes of at least 4 members (excludes halogenated alkanes) is 8. The molecule has 0 aromatic heterocycles. The first-order chi connectivity index (χ1) is 14.0. The van der Waals surface area contributed by atoms with Gasteiger partial charge in [0, 0.05) is 6.42 Å². The lowest BCUT2D eigenvalue weighted by molar-refractivity contribution is -0.162. The van der Waals surface area contributed by atoms with Crippen molar-refractivity contribution in [3.05, 3.63) is 11.6 Å². The molecule has 1 aliphatic carbocycles. The molecule has 1 rings (SSSR count). The Morgan fingerprint density at radius 2 is 1.33 bits per heavy atom. The van der Waals surface area contributed by atoms with Crippen LogP contribution in [-0.2, 0) is 19.2 Å². The van der Waals surface area contributed by atoms with E-state index in [1.54, 1.807) is 20.8 Å². The van der Waals surface area contributed by atoms with E-state index in [4.69, 9.17) is 0 Å². The van der Waals surface area contributed by atoms with Crippen LogP contribution in [0.3, 0.4) is 0 Å². The normalized spacial score (nSPS) is 23.5. The second-order valence-electron chi connectivity index (χ2n) is 9.98. The Morgan fingerprint density at radius 3 is 1.83 bits per heavy atom. The molecule has 0 aromatic rings. The molecule has 0 radical (unpaired) electrons. The summed E-state index contributed by atoms with van der Waals surface area (Å²) >= 11 is 0. The molecule has 0 amide bonds. The molecule has 0 bridgehead atoms. The van der Waals surface area contributed by atoms with Gasteiger partial charge in [0.05, 0.1) is 10.8 Å². The molecule has 2 unspecified atom stereocenters. The Bertz CT molecular complexity index is 667. The van der Waals surface area contributed by atoms with Gasteiger partial charge in [-0.2, -0.15) is 0 Å². The zero-order valence-electron chi connectivity index (χ0n) is 20.1. The van der Waals surface area contributed by atoms with Gasteiger partial charge in [-0.05, 0) is 47.5 Å². The maximum atomic E-state index is 13.2. The summed E-state index contributed by atoms with van der Waals surface area (Å²) in [5.41, 5.74) is -1.62. The van der Waals surface area contributed by atoms with Crippen molar-refractivity contribution >= 4 is 23.1 Å². The smallest absolute Gasteiger partial charge is 0.164 e. The molecule has 0 heterocycles. The van der Waals surface area contributed by atoms with Crippen molar-refractivity contribution in [1.29, 1.82) is 0 Å². The van der Waals surface area contributed by atoms with Gasteiger partial charge in [0.25, 0.3) is 0 Å². The Morgan fingerprint density at radius 1 is 0.833 bits per heavy atom. The molecule has 0 spiro atoms. The highest BCUT2D eigenvalue weighted by molar-refractivity contribution is 6.35. The van der Waals surface area contributed by atoms with Crippen LogP contribution < -0.4 is 0 Å². The third-order valence-electron chi connectivity index (χ3n) is 6.52. The Kier molecular flexibility index (Phi) is 10.3. The van der Waals surface area contributed by atoms with Crippen molar-refractivity contribution < 1.29 is 19.2 Å². The summed E-state index contributed by atoms with van der Waals surface area (Å²) in [6, 6.07) is 0. The maximum absolute atomic E-state index is 13.2. The first kappa shape index (κ1) is 26.5. The molecule has 0 aliphatic heterocycles.